The van der Waals surface area contributed by atoms with Gasteiger partial charge in [-0.25, -0.2) is 18.7 Å². The van der Waals surface area contributed by atoms with E-state index in [9.17, 15) is 8.78 Å². The first-order valence-corrected chi connectivity index (χ1v) is 6.70. The molecule has 0 bridgehead atoms. The molecule has 0 fully saturated rings. The number of benzene rings is 1. The van der Waals surface area contributed by atoms with E-state index >= 15 is 0 Å². The molecule has 2 rings (SSSR count). The zero-order valence-electron chi connectivity index (χ0n) is 10.4. The summed E-state index contributed by atoms with van der Waals surface area (Å²) in [6.45, 7) is 2.75. The minimum absolute atomic E-state index is 0.222. The highest BCUT2D eigenvalue weighted by molar-refractivity contribution is 7.99. The summed E-state index contributed by atoms with van der Waals surface area (Å²) in [7, 11) is 0. The van der Waals surface area contributed by atoms with Gasteiger partial charge in [-0.2, -0.15) is 0 Å². The second-order valence-electron chi connectivity index (χ2n) is 3.83. The zero-order valence-corrected chi connectivity index (χ0v) is 11.2. The molecule has 6 heteroatoms. The van der Waals surface area contributed by atoms with Crippen molar-refractivity contribution in [2.24, 2.45) is 0 Å². The molecule has 0 saturated carbocycles. The Morgan fingerprint density at radius 3 is 2.63 bits per heavy atom. The molecule has 1 aromatic carbocycles. The fourth-order valence-electron chi connectivity index (χ4n) is 1.36. The number of aromatic nitrogens is 2. The highest BCUT2D eigenvalue weighted by atomic mass is 32.2. The lowest BCUT2D eigenvalue weighted by atomic mass is 10.4. The van der Waals surface area contributed by atoms with Crippen LogP contribution >= 0.6 is 11.8 Å². The van der Waals surface area contributed by atoms with E-state index in [1.165, 1.54) is 12.1 Å². The van der Waals surface area contributed by atoms with E-state index in [4.69, 9.17) is 0 Å². The van der Waals surface area contributed by atoms with Crippen molar-refractivity contribution in [1.82, 2.24) is 9.97 Å². The highest BCUT2D eigenvalue weighted by Crippen LogP contribution is 2.28. The number of hydrogen-bond donors (Lipinski definition) is 1. The third-order valence-corrected chi connectivity index (χ3v) is 3.26. The van der Waals surface area contributed by atoms with Crippen LogP contribution in [0.5, 0.6) is 0 Å². The predicted octanol–water partition coefficient (Wildman–Crippen LogP) is 3.73. The lowest BCUT2D eigenvalue weighted by Crippen LogP contribution is -2.05. The van der Waals surface area contributed by atoms with Crippen LogP contribution in [0.3, 0.4) is 0 Å². The Balaban J connectivity index is 2.16. The fourth-order valence-corrected chi connectivity index (χ4v) is 2.14. The maximum Gasteiger partial charge on any atom is 0.223 e. The van der Waals surface area contributed by atoms with Gasteiger partial charge in [-0.1, -0.05) is 18.7 Å². The lowest BCUT2D eigenvalue weighted by molar-refractivity contribution is 0.579. The highest BCUT2D eigenvalue weighted by Gasteiger charge is 2.08. The molecule has 0 atom stereocenters. The first-order chi connectivity index (χ1) is 9.19. The third kappa shape index (κ3) is 3.89. The third-order valence-electron chi connectivity index (χ3n) is 2.27. The lowest BCUT2D eigenvalue weighted by Gasteiger charge is -2.06. The Morgan fingerprint density at radius 2 is 1.95 bits per heavy atom. The fraction of sp³-hybridized carbons (Fsp3) is 0.231. The molecular weight excluding hydrogens is 268 g/mol. The minimum Gasteiger partial charge on any atom is -0.354 e. The number of nitrogens with zero attached hydrogens (tertiary/aromatic N) is 2. The van der Waals surface area contributed by atoms with Gasteiger partial charge in [0.05, 0.1) is 6.20 Å². The van der Waals surface area contributed by atoms with Crippen LogP contribution < -0.4 is 5.32 Å². The summed E-state index contributed by atoms with van der Waals surface area (Å²) in [5, 5.41) is 3.22. The average molecular weight is 281 g/mol. The molecule has 0 amide bonds. The quantitative estimate of drug-likeness (QED) is 0.847. The van der Waals surface area contributed by atoms with Crippen molar-refractivity contribution < 1.29 is 8.78 Å². The molecule has 0 saturated heterocycles. The van der Waals surface area contributed by atoms with Crippen LogP contribution in [0.4, 0.5) is 14.7 Å². The maximum absolute atomic E-state index is 13.6. The molecule has 19 heavy (non-hydrogen) atoms. The number of nitrogens with one attached hydrogen (secondary N) is 1. The van der Waals surface area contributed by atoms with Gasteiger partial charge >= 0.3 is 0 Å². The Bertz CT molecular complexity index is 546. The molecule has 1 N–H and O–H groups in total. The molecule has 1 aromatic heterocycles. The van der Waals surface area contributed by atoms with Gasteiger partial charge in [0, 0.05) is 11.4 Å². The normalized spacial score (nSPS) is 10.5. The standard InChI is InChI=1S/C13H13F2N3S/c1-2-7-16-13-17-8-11(15)12(18-13)19-10-5-3-9(14)4-6-10/h3-6,8H,2,7H2,1H3,(H,16,17,18). The number of anilines is 1. The van der Waals surface area contributed by atoms with E-state index in [0.29, 0.717) is 5.95 Å². The second kappa shape index (κ2) is 6.47. The Morgan fingerprint density at radius 1 is 1.21 bits per heavy atom. The molecule has 0 unspecified atom stereocenters. The van der Waals surface area contributed by atoms with Crippen molar-refractivity contribution >= 4 is 17.7 Å². The molecule has 0 radical (unpaired) electrons. The molecule has 0 spiro atoms. The molecule has 0 aliphatic rings. The summed E-state index contributed by atoms with van der Waals surface area (Å²) in [5.41, 5.74) is 0. The van der Waals surface area contributed by atoms with Gasteiger partial charge in [-0.3, -0.25) is 0 Å². The van der Waals surface area contributed by atoms with E-state index in [0.717, 1.165) is 35.8 Å². The summed E-state index contributed by atoms with van der Waals surface area (Å²) in [5.74, 6) is -0.415. The van der Waals surface area contributed by atoms with Crippen molar-refractivity contribution in [2.75, 3.05) is 11.9 Å². The van der Waals surface area contributed by atoms with Gasteiger partial charge in [-0.15, -0.1) is 0 Å². The number of halogens is 2. The van der Waals surface area contributed by atoms with E-state index in [-0.39, 0.29) is 10.8 Å². The van der Waals surface area contributed by atoms with Gasteiger partial charge in [0.1, 0.15) is 10.8 Å². The van der Waals surface area contributed by atoms with Gasteiger partial charge in [0.25, 0.3) is 0 Å². The second-order valence-corrected chi connectivity index (χ2v) is 4.89. The number of rotatable bonds is 5. The van der Waals surface area contributed by atoms with E-state index in [2.05, 4.69) is 15.3 Å². The molecule has 100 valence electrons. The average Bonchev–Trinajstić information content (AvgIpc) is 2.42. The van der Waals surface area contributed by atoms with Crippen molar-refractivity contribution in [3.63, 3.8) is 0 Å². The Kier molecular flexibility index (Phi) is 4.68. The topological polar surface area (TPSA) is 37.8 Å². The molecule has 0 aliphatic carbocycles. The summed E-state index contributed by atoms with van der Waals surface area (Å²) in [4.78, 5) is 8.68. The molecular formula is C13H13F2N3S. The molecule has 3 nitrogen and oxygen atoms in total. The van der Waals surface area contributed by atoms with Crippen LogP contribution in [0.25, 0.3) is 0 Å². The summed E-state index contributed by atoms with van der Waals surface area (Å²) in [6.07, 6.45) is 2.07. The Labute approximate surface area is 114 Å². The van der Waals surface area contributed by atoms with Crippen molar-refractivity contribution in [3.05, 3.63) is 42.1 Å². The van der Waals surface area contributed by atoms with Gasteiger partial charge < -0.3 is 5.32 Å². The van der Waals surface area contributed by atoms with Crippen LogP contribution in [-0.2, 0) is 0 Å². The van der Waals surface area contributed by atoms with Crippen LogP contribution in [0, 0.1) is 11.6 Å². The summed E-state index contributed by atoms with van der Waals surface area (Å²) < 4.78 is 26.4. The first kappa shape index (κ1) is 13.7. The minimum atomic E-state index is -0.489. The smallest absolute Gasteiger partial charge is 0.223 e. The maximum atomic E-state index is 13.6. The van der Waals surface area contributed by atoms with E-state index < -0.39 is 5.82 Å². The zero-order chi connectivity index (χ0) is 13.7. The summed E-state index contributed by atoms with van der Waals surface area (Å²) in [6, 6.07) is 5.83. The van der Waals surface area contributed by atoms with Gasteiger partial charge in [-0.05, 0) is 30.7 Å². The van der Waals surface area contributed by atoms with Gasteiger partial charge in [0.2, 0.25) is 5.95 Å². The molecule has 2 aromatic rings. The molecule has 1 heterocycles. The first-order valence-electron chi connectivity index (χ1n) is 5.89. The van der Waals surface area contributed by atoms with Crippen LogP contribution in [0.1, 0.15) is 13.3 Å². The summed E-state index contributed by atoms with van der Waals surface area (Å²) >= 11 is 1.14. The van der Waals surface area contributed by atoms with Crippen LogP contribution in [-0.4, -0.2) is 16.5 Å². The van der Waals surface area contributed by atoms with Crippen LogP contribution in [0.15, 0.2) is 40.4 Å². The van der Waals surface area contributed by atoms with Crippen LogP contribution in [0.2, 0.25) is 0 Å². The SMILES string of the molecule is CCCNc1ncc(F)c(Sc2ccc(F)cc2)n1. The Hall–Kier alpha value is -1.69. The van der Waals surface area contributed by atoms with Crippen molar-refractivity contribution in [2.45, 2.75) is 23.3 Å². The predicted molar refractivity (Wildman–Crippen MR) is 71.3 cm³/mol. The van der Waals surface area contributed by atoms with Crippen molar-refractivity contribution in [1.29, 1.82) is 0 Å². The monoisotopic (exact) mass is 281 g/mol. The molecule has 0 aliphatic heterocycles. The van der Waals surface area contributed by atoms with E-state index in [1.807, 2.05) is 6.92 Å². The van der Waals surface area contributed by atoms with Gasteiger partial charge in [0.15, 0.2) is 5.82 Å². The largest absolute Gasteiger partial charge is 0.354 e. The van der Waals surface area contributed by atoms with E-state index in [1.54, 1.807) is 12.1 Å². The van der Waals surface area contributed by atoms with Crippen molar-refractivity contribution in [3.8, 4) is 0 Å². The number of hydrogen-bond acceptors (Lipinski definition) is 4.